The Hall–Kier alpha value is -4.04. The van der Waals surface area contributed by atoms with Gasteiger partial charge in [-0.25, -0.2) is 0 Å². The normalized spacial score (nSPS) is 18.9. The van der Waals surface area contributed by atoms with Gasteiger partial charge < -0.3 is 9.64 Å². The molecule has 3 aliphatic rings. The van der Waals surface area contributed by atoms with Crippen LogP contribution in [0.5, 0.6) is 0 Å². The van der Waals surface area contributed by atoms with Crippen molar-refractivity contribution in [3.63, 3.8) is 0 Å². The maximum absolute atomic E-state index is 7.09. The number of benzene rings is 3. The van der Waals surface area contributed by atoms with Crippen molar-refractivity contribution in [2.75, 3.05) is 6.54 Å². The molecule has 1 heterocycles. The van der Waals surface area contributed by atoms with E-state index in [0.717, 1.165) is 30.7 Å². The first kappa shape index (κ1) is 23.4. The fraction of sp³-hybridized carbons (Fsp3) is 0.200. The summed E-state index contributed by atoms with van der Waals surface area (Å²) in [6, 6.07) is 30.3. The van der Waals surface area contributed by atoms with E-state index in [2.05, 4.69) is 134 Å². The van der Waals surface area contributed by atoms with E-state index < -0.39 is 0 Å². The summed E-state index contributed by atoms with van der Waals surface area (Å²) >= 11 is 0. The Bertz CT molecular complexity index is 1410. The summed E-state index contributed by atoms with van der Waals surface area (Å²) in [6.45, 7) is 5.34. The van der Waals surface area contributed by atoms with E-state index in [-0.39, 0.29) is 12.1 Å². The zero-order valence-electron chi connectivity index (χ0n) is 21.6. The van der Waals surface area contributed by atoms with Gasteiger partial charge in [0.2, 0.25) is 0 Å². The molecule has 1 aliphatic heterocycles. The van der Waals surface area contributed by atoms with Crippen LogP contribution in [0.3, 0.4) is 0 Å². The first-order valence-electron chi connectivity index (χ1n) is 13.4. The van der Waals surface area contributed by atoms with Crippen LogP contribution < -0.4 is 0 Å². The highest BCUT2D eigenvalue weighted by atomic mass is 16.5. The quantitative estimate of drug-likeness (QED) is 0.333. The lowest BCUT2D eigenvalue weighted by molar-refractivity contribution is -0.0183. The van der Waals surface area contributed by atoms with E-state index in [1.807, 2.05) is 0 Å². The number of unbranched alkanes of at least 4 members (excludes halogenated alkanes) is 1. The Labute approximate surface area is 220 Å². The van der Waals surface area contributed by atoms with E-state index >= 15 is 0 Å². The van der Waals surface area contributed by atoms with Crippen LogP contribution in [0.2, 0.25) is 0 Å². The number of hydrogen-bond donors (Lipinski definition) is 0. The van der Waals surface area contributed by atoms with E-state index in [4.69, 9.17) is 4.74 Å². The van der Waals surface area contributed by atoms with Crippen molar-refractivity contribution < 1.29 is 4.74 Å². The molecule has 6 rings (SSSR count). The standard InChI is InChI=1S/C35H33NO/c1-3-4-23-36-33(28-15-11-12-16-28)32-30(26-13-7-5-8-14-26)24-31(27-21-19-25(2)20-22-27)34(32)37-35(36)29-17-9-6-10-18-29/h5-22,24,28,35H,3-4,23H2,1-2H3. The second kappa shape index (κ2) is 10.1. The third-order valence-corrected chi connectivity index (χ3v) is 7.46. The minimum absolute atomic E-state index is 0.173. The van der Waals surface area contributed by atoms with Crippen molar-refractivity contribution in [2.45, 2.75) is 32.9 Å². The third-order valence-electron chi connectivity index (χ3n) is 7.46. The predicted octanol–water partition coefficient (Wildman–Crippen LogP) is 8.63. The molecule has 0 radical (unpaired) electrons. The molecule has 1 unspecified atom stereocenters. The Balaban J connectivity index is 1.63. The van der Waals surface area contributed by atoms with Crippen molar-refractivity contribution in [1.29, 1.82) is 0 Å². The van der Waals surface area contributed by atoms with Crippen LogP contribution in [-0.4, -0.2) is 11.4 Å². The molecule has 2 nitrogen and oxygen atoms in total. The van der Waals surface area contributed by atoms with E-state index in [1.54, 1.807) is 0 Å². The van der Waals surface area contributed by atoms with Gasteiger partial charge in [0.1, 0.15) is 5.76 Å². The van der Waals surface area contributed by atoms with Gasteiger partial charge in [0.15, 0.2) is 6.23 Å². The molecular formula is C35H33NO. The Kier molecular flexibility index (Phi) is 6.40. The molecule has 0 aromatic heterocycles. The summed E-state index contributed by atoms with van der Waals surface area (Å²) in [7, 11) is 0. The Morgan fingerprint density at radius 1 is 0.784 bits per heavy atom. The molecule has 0 fully saturated rings. The molecule has 0 spiro atoms. The summed E-state index contributed by atoms with van der Waals surface area (Å²) in [6.07, 6.45) is 13.4. The first-order valence-corrected chi connectivity index (χ1v) is 13.4. The molecule has 2 heteroatoms. The fourth-order valence-corrected chi connectivity index (χ4v) is 5.56. The fourth-order valence-electron chi connectivity index (χ4n) is 5.56. The zero-order chi connectivity index (χ0) is 25.2. The SMILES string of the molecule is CCCCN1C(C2C=CC=C2)=C2C(c3ccccc3)=CC(c3ccc(C)cc3)=C2OC1c1ccccc1. The molecule has 2 aliphatic carbocycles. The first-order chi connectivity index (χ1) is 18.2. The number of hydrogen-bond acceptors (Lipinski definition) is 2. The zero-order valence-corrected chi connectivity index (χ0v) is 21.6. The summed E-state index contributed by atoms with van der Waals surface area (Å²) in [5.74, 6) is 1.20. The molecule has 0 saturated heterocycles. The molecule has 0 bridgehead atoms. The van der Waals surface area contributed by atoms with E-state index in [0.29, 0.717) is 0 Å². The van der Waals surface area contributed by atoms with Crippen molar-refractivity contribution in [2.24, 2.45) is 5.92 Å². The van der Waals surface area contributed by atoms with E-state index in [9.17, 15) is 0 Å². The highest BCUT2D eigenvalue weighted by Crippen LogP contribution is 2.52. The van der Waals surface area contributed by atoms with Gasteiger partial charge in [-0.3, -0.25) is 0 Å². The van der Waals surface area contributed by atoms with Crippen LogP contribution in [0.25, 0.3) is 11.1 Å². The van der Waals surface area contributed by atoms with Gasteiger partial charge in [-0.05, 0) is 36.1 Å². The number of nitrogens with zero attached hydrogens (tertiary/aromatic N) is 1. The smallest absolute Gasteiger partial charge is 0.198 e. The van der Waals surface area contributed by atoms with E-state index in [1.165, 1.54) is 39.1 Å². The number of aryl methyl sites for hydroxylation is 1. The lowest BCUT2D eigenvalue weighted by Gasteiger charge is -2.43. The van der Waals surface area contributed by atoms with Gasteiger partial charge in [-0.15, -0.1) is 0 Å². The monoisotopic (exact) mass is 483 g/mol. The maximum Gasteiger partial charge on any atom is 0.198 e. The lowest BCUT2D eigenvalue weighted by Crippen LogP contribution is -2.38. The topological polar surface area (TPSA) is 12.5 Å². The number of ether oxygens (including phenoxy) is 1. The number of rotatable bonds is 7. The minimum Gasteiger partial charge on any atom is -0.465 e. The minimum atomic E-state index is -0.173. The van der Waals surface area contributed by atoms with Gasteiger partial charge in [0.05, 0.1) is 0 Å². The predicted molar refractivity (Wildman–Crippen MR) is 153 cm³/mol. The van der Waals surface area contributed by atoms with Crippen molar-refractivity contribution in [1.82, 2.24) is 4.90 Å². The Morgan fingerprint density at radius 3 is 2.14 bits per heavy atom. The molecule has 0 amide bonds. The van der Waals surface area contributed by atoms with Gasteiger partial charge in [0, 0.05) is 34.9 Å². The molecule has 1 atom stereocenters. The van der Waals surface area contributed by atoms with Gasteiger partial charge >= 0.3 is 0 Å². The van der Waals surface area contributed by atoms with Crippen LogP contribution >= 0.6 is 0 Å². The van der Waals surface area contributed by atoms with Gasteiger partial charge in [-0.1, -0.05) is 128 Å². The molecule has 3 aromatic carbocycles. The molecule has 37 heavy (non-hydrogen) atoms. The second-order valence-corrected chi connectivity index (χ2v) is 10.0. The number of fused-ring (bicyclic) bond motifs is 1. The highest BCUT2D eigenvalue weighted by molar-refractivity contribution is 6.02. The summed E-state index contributed by atoms with van der Waals surface area (Å²) in [5, 5.41) is 0. The van der Waals surface area contributed by atoms with Crippen molar-refractivity contribution >= 4 is 11.1 Å². The average molecular weight is 484 g/mol. The van der Waals surface area contributed by atoms with Gasteiger partial charge in [0.25, 0.3) is 0 Å². The summed E-state index contributed by atoms with van der Waals surface area (Å²) in [5.41, 5.74) is 9.82. The number of allylic oxidation sites excluding steroid dienone is 6. The largest absolute Gasteiger partial charge is 0.465 e. The van der Waals surface area contributed by atoms with Crippen molar-refractivity contribution in [3.05, 3.63) is 155 Å². The summed E-state index contributed by atoms with van der Waals surface area (Å²) in [4.78, 5) is 2.52. The van der Waals surface area contributed by atoms with Crippen LogP contribution in [0, 0.1) is 12.8 Å². The third kappa shape index (κ3) is 4.38. The molecular weight excluding hydrogens is 450 g/mol. The maximum atomic E-state index is 7.09. The molecule has 0 N–H and O–H groups in total. The molecule has 3 aromatic rings. The molecule has 184 valence electrons. The molecule has 0 saturated carbocycles. The van der Waals surface area contributed by atoms with Crippen LogP contribution in [0.4, 0.5) is 0 Å². The van der Waals surface area contributed by atoms with Crippen LogP contribution in [-0.2, 0) is 4.74 Å². The Morgan fingerprint density at radius 2 is 1.46 bits per heavy atom. The van der Waals surface area contributed by atoms with Crippen molar-refractivity contribution in [3.8, 4) is 0 Å². The summed E-state index contributed by atoms with van der Waals surface area (Å²) < 4.78 is 7.09. The lowest BCUT2D eigenvalue weighted by atomic mass is 9.90. The second-order valence-electron chi connectivity index (χ2n) is 10.0. The average Bonchev–Trinajstić information content (AvgIpc) is 3.61. The highest BCUT2D eigenvalue weighted by Gasteiger charge is 2.41. The van der Waals surface area contributed by atoms with Crippen LogP contribution in [0.15, 0.2) is 132 Å². The van der Waals surface area contributed by atoms with Gasteiger partial charge in [-0.2, -0.15) is 0 Å². The van der Waals surface area contributed by atoms with Crippen LogP contribution in [0.1, 0.15) is 48.2 Å².